The Morgan fingerprint density at radius 1 is 1.12 bits per heavy atom. The zero-order valence-electron chi connectivity index (χ0n) is 9.57. The fourth-order valence-electron chi connectivity index (χ4n) is 2.28. The molecule has 2 N–H and O–H groups in total. The zero-order chi connectivity index (χ0) is 11.7. The van der Waals surface area contributed by atoms with Crippen molar-refractivity contribution in [3.63, 3.8) is 0 Å². The molecule has 2 heterocycles. The SMILES string of the molecule is S=c1cc[nH]c2cc(N3CCNCC3)ccc12. The van der Waals surface area contributed by atoms with E-state index in [-0.39, 0.29) is 0 Å². The highest BCUT2D eigenvalue weighted by molar-refractivity contribution is 7.71. The molecule has 1 aliphatic heterocycles. The van der Waals surface area contributed by atoms with Crippen LogP contribution in [0.2, 0.25) is 0 Å². The van der Waals surface area contributed by atoms with Crippen molar-refractivity contribution in [1.29, 1.82) is 0 Å². The Balaban J connectivity index is 2.04. The molecule has 0 saturated carbocycles. The lowest BCUT2D eigenvalue weighted by molar-refractivity contribution is 0.589. The second kappa shape index (κ2) is 4.47. The van der Waals surface area contributed by atoms with Gasteiger partial charge in [-0.25, -0.2) is 0 Å². The van der Waals surface area contributed by atoms with Crippen LogP contribution in [0.5, 0.6) is 0 Å². The predicted octanol–water partition coefficient (Wildman–Crippen LogP) is 2.31. The summed E-state index contributed by atoms with van der Waals surface area (Å²) in [5, 5.41) is 4.49. The highest BCUT2D eigenvalue weighted by atomic mass is 32.1. The summed E-state index contributed by atoms with van der Waals surface area (Å²) in [6.45, 7) is 4.25. The summed E-state index contributed by atoms with van der Waals surface area (Å²) in [5.41, 5.74) is 2.39. The van der Waals surface area contributed by atoms with E-state index >= 15 is 0 Å². The normalized spacial score (nSPS) is 16.4. The fraction of sp³-hybridized carbons (Fsp3) is 0.308. The quantitative estimate of drug-likeness (QED) is 0.756. The summed E-state index contributed by atoms with van der Waals surface area (Å²) in [6.07, 6.45) is 1.91. The van der Waals surface area contributed by atoms with Crippen LogP contribution < -0.4 is 10.2 Å². The molecule has 4 heteroatoms. The lowest BCUT2D eigenvalue weighted by Crippen LogP contribution is -2.43. The van der Waals surface area contributed by atoms with Gasteiger partial charge in [0.25, 0.3) is 0 Å². The van der Waals surface area contributed by atoms with Gasteiger partial charge in [-0.1, -0.05) is 12.2 Å². The summed E-state index contributed by atoms with van der Waals surface area (Å²) < 4.78 is 0.908. The van der Waals surface area contributed by atoms with Gasteiger partial charge in [0, 0.05) is 53.5 Å². The first-order valence-electron chi connectivity index (χ1n) is 5.92. The smallest absolute Gasteiger partial charge is 0.0488 e. The molecule has 17 heavy (non-hydrogen) atoms. The zero-order valence-corrected chi connectivity index (χ0v) is 10.4. The first-order chi connectivity index (χ1) is 8.34. The Kier molecular flexibility index (Phi) is 2.82. The van der Waals surface area contributed by atoms with Crippen molar-refractivity contribution in [3.8, 4) is 0 Å². The van der Waals surface area contributed by atoms with Crippen molar-refractivity contribution in [2.45, 2.75) is 0 Å². The predicted molar refractivity (Wildman–Crippen MR) is 74.2 cm³/mol. The van der Waals surface area contributed by atoms with E-state index in [4.69, 9.17) is 12.2 Å². The summed E-state index contributed by atoms with van der Waals surface area (Å²) in [6, 6.07) is 8.40. The molecule has 0 radical (unpaired) electrons. The molecule has 3 rings (SSSR count). The number of piperazine rings is 1. The minimum atomic E-state index is 0.908. The number of rotatable bonds is 1. The maximum absolute atomic E-state index is 5.31. The molecule has 88 valence electrons. The number of hydrogen-bond donors (Lipinski definition) is 2. The average molecular weight is 245 g/mol. The summed E-state index contributed by atoms with van der Waals surface area (Å²) in [5.74, 6) is 0. The number of fused-ring (bicyclic) bond motifs is 1. The number of H-pyrrole nitrogens is 1. The van der Waals surface area contributed by atoms with Crippen LogP contribution in [-0.2, 0) is 0 Å². The Morgan fingerprint density at radius 2 is 1.94 bits per heavy atom. The molecule has 1 aromatic heterocycles. The minimum absolute atomic E-state index is 0.908. The molecule has 0 bridgehead atoms. The van der Waals surface area contributed by atoms with Gasteiger partial charge in [0.2, 0.25) is 0 Å². The van der Waals surface area contributed by atoms with Gasteiger partial charge in [0.15, 0.2) is 0 Å². The van der Waals surface area contributed by atoms with E-state index in [0.717, 1.165) is 41.6 Å². The van der Waals surface area contributed by atoms with Crippen LogP contribution in [0.15, 0.2) is 30.5 Å². The second-order valence-corrected chi connectivity index (χ2v) is 4.75. The van der Waals surface area contributed by atoms with Crippen LogP contribution in [0.4, 0.5) is 5.69 Å². The van der Waals surface area contributed by atoms with Gasteiger partial charge in [0.1, 0.15) is 0 Å². The van der Waals surface area contributed by atoms with E-state index < -0.39 is 0 Å². The summed E-state index contributed by atoms with van der Waals surface area (Å²) in [7, 11) is 0. The molecule has 1 aromatic carbocycles. The van der Waals surface area contributed by atoms with Gasteiger partial charge in [-0.15, -0.1) is 0 Å². The molecule has 0 aliphatic carbocycles. The Morgan fingerprint density at radius 3 is 2.76 bits per heavy atom. The van der Waals surface area contributed by atoms with Crippen molar-refractivity contribution in [1.82, 2.24) is 10.3 Å². The van der Waals surface area contributed by atoms with Gasteiger partial charge in [-0.2, -0.15) is 0 Å². The van der Waals surface area contributed by atoms with Gasteiger partial charge >= 0.3 is 0 Å². The van der Waals surface area contributed by atoms with Crippen LogP contribution in [0.1, 0.15) is 0 Å². The number of aromatic nitrogens is 1. The number of nitrogens with one attached hydrogen (secondary N) is 2. The molecule has 1 saturated heterocycles. The standard InChI is InChI=1S/C13H15N3S/c17-13-3-4-15-12-9-10(1-2-11(12)13)16-7-5-14-6-8-16/h1-4,9,14H,5-8H2,(H,15,17). The van der Waals surface area contributed by atoms with Crippen LogP contribution in [0.25, 0.3) is 10.9 Å². The van der Waals surface area contributed by atoms with E-state index in [0.29, 0.717) is 0 Å². The summed E-state index contributed by atoms with van der Waals surface area (Å²) in [4.78, 5) is 5.66. The maximum atomic E-state index is 5.31. The van der Waals surface area contributed by atoms with Crippen molar-refractivity contribution in [2.75, 3.05) is 31.1 Å². The van der Waals surface area contributed by atoms with Crippen LogP contribution in [0, 0.1) is 4.51 Å². The molecule has 0 unspecified atom stereocenters. The van der Waals surface area contributed by atoms with Crippen molar-refractivity contribution < 1.29 is 0 Å². The van der Waals surface area contributed by atoms with E-state index in [1.807, 2.05) is 12.3 Å². The van der Waals surface area contributed by atoms with Crippen LogP contribution in [-0.4, -0.2) is 31.2 Å². The lowest BCUT2D eigenvalue weighted by atomic mass is 10.2. The number of benzene rings is 1. The van der Waals surface area contributed by atoms with Gasteiger partial charge in [0.05, 0.1) is 0 Å². The molecular weight excluding hydrogens is 230 g/mol. The third-order valence-electron chi connectivity index (χ3n) is 3.22. The third kappa shape index (κ3) is 2.06. The van der Waals surface area contributed by atoms with E-state index in [1.54, 1.807) is 0 Å². The van der Waals surface area contributed by atoms with E-state index in [1.165, 1.54) is 5.69 Å². The molecule has 3 nitrogen and oxygen atoms in total. The highest BCUT2D eigenvalue weighted by Crippen LogP contribution is 2.21. The topological polar surface area (TPSA) is 31.1 Å². The second-order valence-electron chi connectivity index (χ2n) is 4.31. The number of pyridine rings is 1. The highest BCUT2D eigenvalue weighted by Gasteiger charge is 2.10. The average Bonchev–Trinajstić information content (AvgIpc) is 2.40. The number of hydrogen-bond acceptors (Lipinski definition) is 3. The summed E-state index contributed by atoms with van der Waals surface area (Å²) >= 11 is 5.31. The minimum Gasteiger partial charge on any atom is -0.369 e. The van der Waals surface area contributed by atoms with Crippen molar-refractivity contribution in [3.05, 3.63) is 35.0 Å². The molecule has 1 aliphatic rings. The largest absolute Gasteiger partial charge is 0.369 e. The lowest BCUT2D eigenvalue weighted by Gasteiger charge is -2.29. The van der Waals surface area contributed by atoms with Crippen LogP contribution in [0.3, 0.4) is 0 Å². The molecular formula is C13H15N3S. The first kappa shape index (κ1) is 10.7. The van der Waals surface area contributed by atoms with Crippen molar-refractivity contribution >= 4 is 28.8 Å². The molecule has 1 fully saturated rings. The molecule has 0 atom stereocenters. The van der Waals surface area contributed by atoms with Crippen LogP contribution >= 0.6 is 12.2 Å². The molecule has 0 spiro atoms. The molecule has 0 amide bonds. The number of nitrogens with zero attached hydrogens (tertiary/aromatic N) is 1. The van der Waals surface area contributed by atoms with Gasteiger partial charge in [-0.3, -0.25) is 0 Å². The van der Waals surface area contributed by atoms with E-state index in [9.17, 15) is 0 Å². The number of anilines is 1. The number of aromatic amines is 1. The van der Waals surface area contributed by atoms with E-state index in [2.05, 4.69) is 33.4 Å². The Labute approximate surface area is 105 Å². The Hall–Kier alpha value is -1.39. The fourth-order valence-corrected chi connectivity index (χ4v) is 2.53. The Bertz CT molecular complexity index is 584. The maximum Gasteiger partial charge on any atom is 0.0488 e. The monoisotopic (exact) mass is 245 g/mol. The van der Waals surface area contributed by atoms with Gasteiger partial charge < -0.3 is 15.2 Å². The third-order valence-corrected chi connectivity index (χ3v) is 3.58. The molecule has 2 aromatic rings. The van der Waals surface area contributed by atoms with Gasteiger partial charge in [-0.05, 0) is 24.3 Å². The first-order valence-corrected chi connectivity index (χ1v) is 6.32. The van der Waals surface area contributed by atoms with Crippen molar-refractivity contribution in [2.24, 2.45) is 0 Å².